The Morgan fingerprint density at radius 2 is 1.95 bits per heavy atom. The molecular formula is C14H24N4O3S. The van der Waals surface area contributed by atoms with Crippen molar-refractivity contribution < 1.29 is 13.2 Å². The van der Waals surface area contributed by atoms with Gasteiger partial charge in [-0.05, 0) is 19.1 Å². The monoisotopic (exact) mass is 328 g/mol. The first kappa shape index (κ1) is 18.4. The minimum Gasteiger partial charge on any atom is -0.383 e. The van der Waals surface area contributed by atoms with Crippen LogP contribution in [0.15, 0.2) is 40.2 Å². The number of aliphatic imine (C=N–C) groups is 1. The van der Waals surface area contributed by atoms with Crippen LogP contribution >= 0.6 is 0 Å². The second-order valence-electron chi connectivity index (χ2n) is 4.71. The highest BCUT2D eigenvalue weighted by molar-refractivity contribution is 7.89. The van der Waals surface area contributed by atoms with Gasteiger partial charge in [-0.1, -0.05) is 18.2 Å². The van der Waals surface area contributed by atoms with Crippen molar-refractivity contribution in [3.63, 3.8) is 0 Å². The number of hydrogen-bond donors (Lipinski definition) is 3. The van der Waals surface area contributed by atoms with Gasteiger partial charge in [0.2, 0.25) is 10.0 Å². The normalized spacial score (nSPS) is 13.7. The molecule has 0 radical (unpaired) electrons. The summed E-state index contributed by atoms with van der Waals surface area (Å²) in [6.07, 6.45) is 0. The molecule has 3 N–H and O–H groups in total. The van der Waals surface area contributed by atoms with Crippen molar-refractivity contribution in [1.29, 1.82) is 0 Å². The van der Waals surface area contributed by atoms with Crippen LogP contribution in [0.3, 0.4) is 0 Å². The Labute approximate surface area is 132 Å². The van der Waals surface area contributed by atoms with Crippen LogP contribution in [0.4, 0.5) is 0 Å². The molecule has 0 heterocycles. The Balaban J connectivity index is 2.38. The van der Waals surface area contributed by atoms with Gasteiger partial charge in [0.1, 0.15) is 0 Å². The maximum absolute atomic E-state index is 12.0. The zero-order valence-electron chi connectivity index (χ0n) is 13.2. The summed E-state index contributed by atoms with van der Waals surface area (Å²) in [6.45, 7) is 3.21. The summed E-state index contributed by atoms with van der Waals surface area (Å²) in [7, 11) is -0.179. The Kier molecular flexibility index (Phi) is 7.86. The molecule has 0 amide bonds. The molecule has 1 unspecified atom stereocenters. The van der Waals surface area contributed by atoms with Gasteiger partial charge >= 0.3 is 0 Å². The molecule has 0 bridgehead atoms. The van der Waals surface area contributed by atoms with Crippen LogP contribution in [0.2, 0.25) is 0 Å². The summed E-state index contributed by atoms with van der Waals surface area (Å²) in [5.41, 5.74) is 0. The minimum absolute atomic E-state index is 0.109. The van der Waals surface area contributed by atoms with E-state index < -0.39 is 10.0 Å². The van der Waals surface area contributed by atoms with Gasteiger partial charge in [0, 0.05) is 33.3 Å². The standard InChI is InChI=1S/C14H24N4O3S/c1-12(11-21-3)18-14(15-2)16-9-10-17-22(19,20)13-7-5-4-6-8-13/h4-8,12,17H,9-11H2,1-3H3,(H2,15,16,18). The van der Waals surface area contributed by atoms with Crippen LogP contribution in [0.1, 0.15) is 6.92 Å². The number of methoxy groups -OCH3 is 1. The fraction of sp³-hybridized carbons (Fsp3) is 0.500. The number of hydrogen-bond acceptors (Lipinski definition) is 4. The van der Waals surface area contributed by atoms with Crippen LogP contribution < -0.4 is 15.4 Å². The molecule has 1 rings (SSSR count). The molecule has 8 heteroatoms. The summed E-state index contributed by atoms with van der Waals surface area (Å²) in [4.78, 5) is 4.32. The van der Waals surface area contributed by atoms with Gasteiger partial charge in [-0.2, -0.15) is 0 Å². The van der Waals surface area contributed by atoms with E-state index in [1.165, 1.54) is 0 Å². The molecule has 1 atom stereocenters. The van der Waals surface area contributed by atoms with Crippen molar-refractivity contribution in [3.05, 3.63) is 30.3 Å². The number of guanidine groups is 1. The van der Waals surface area contributed by atoms with E-state index in [1.54, 1.807) is 44.5 Å². The fourth-order valence-electron chi connectivity index (χ4n) is 1.77. The summed E-state index contributed by atoms with van der Waals surface area (Å²) in [5, 5.41) is 6.17. The second-order valence-corrected chi connectivity index (χ2v) is 6.48. The van der Waals surface area contributed by atoms with Crippen molar-refractivity contribution in [1.82, 2.24) is 15.4 Å². The maximum Gasteiger partial charge on any atom is 0.240 e. The lowest BCUT2D eigenvalue weighted by molar-refractivity contribution is 0.179. The molecule has 1 aromatic carbocycles. The van der Waals surface area contributed by atoms with Gasteiger partial charge < -0.3 is 15.4 Å². The third kappa shape index (κ3) is 6.42. The molecule has 124 valence electrons. The quantitative estimate of drug-likeness (QED) is 0.359. The molecule has 1 aromatic rings. The zero-order chi connectivity index (χ0) is 16.4. The highest BCUT2D eigenvalue weighted by Crippen LogP contribution is 2.06. The lowest BCUT2D eigenvalue weighted by Gasteiger charge is -2.17. The van der Waals surface area contributed by atoms with Crippen LogP contribution in [-0.4, -0.2) is 54.3 Å². The predicted molar refractivity (Wildman–Crippen MR) is 87.5 cm³/mol. The van der Waals surface area contributed by atoms with Crippen molar-refractivity contribution in [2.75, 3.05) is 33.9 Å². The van der Waals surface area contributed by atoms with E-state index >= 15 is 0 Å². The smallest absolute Gasteiger partial charge is 0.240 e. The number of nitrogens with one attached hydrogen (secondary N) is 3. The average Bonchev–Trinajstić information content (AvgIpc) is 2.51. The van der Waals surface area contributed by atoms with Gasteiger partial charge in [0.15, 0.2) is 5.96 Å². The molecule has 0 aliphatic carbocycles. The zero-order valence-corrected chi connectivity index (χ0v) is 14.0. The topological polar surface area (TPSA) is 91.8 Å². The number of rotatable bonds is 8. The van der Waals surface area contributed by atoms with E-state index in [1.807, 2.05) is 6.92 Å². The largest absolute Gasteiger partial charge is 0.383 e. The highest BCUT2D eigenvalue weighted by atomic mass is 32.2. The second kappa shape index (κ2) is 9.39. The average molecular weight is 328 g/mol. The third-order valence-electron chi connectivity index (χ3n) is 2.79. The maximum atomic E-state index is 12.0. The van der Waals surface area contributed by atoms with E-state index in [-0.39, 0.29) is 17.5 Å². The summed E-state index contributed by atoms with van der Waals surface area (Å²) in [6, 6.07) is 8.38. The molecule has 7 nitrogen and oxygen atoms in total. The highest BCUT2D eigenvalue weighted by Gasteiger charge is 2.12. The first-order chi connectivity index (χ1) is 10.5. The molecule has 0 aliphatic rings. The first-order valence-electron chi connectivity index (χ1n) is 7.00. The van der Waals surface area contributed by atoms with Crippen molar-refractivity contribution >= 4 is 16.0 Å². The summed E-state index contributed by atoms with van der Waals surface area (Å²) >= 11 is 0. The van der Waals surface area contributed by atoms with E-state index in [9.17, 15) is 8.42 Å². The van der Waals surface area contributed by atoms with E-state index in [2.05, 4.69) is 20.3 Å². The number of nitrogens with zero attached hydrogens (tertiary/aromatic N) is 1. The molecule has 0 aliphatic heterocycles. The van der Waals surface area contributed by atoms with Gasteiger partial charge in [-0.3, -0.25) is 4.99 Å². The Hall–Kier alpha value is -1.64. The van der Waals surface area contributed by atoms with Crippen molar-refractivity contribution in [2.45, 2.75) is 17.9 Å². The van der Waals surface area contributed by atoms with Crippen LogP contribution in [-0.2, 0) is 14.8 Å². The number of ether oxygens (including phenoxy) is 1. The molecular weight excluding hydrogens is 304 g/mol. The van der Waals surface area contributed by atoms with Crippen LogP contribution in [0.25, 0.3) is 0 Å². The van der Waals surface area contributed by atoms with E-state index in [4.69, 9.17) is 4.74 Å². The molecule has 0 fully saturated rings. The van der Waals surface area contributed by atoms with E-state index in [0.717, 1.165) is 0 Å². The summed E-state index contributed by atoms with van der Waals surface area (Å²) in [5.74, 6) is 0.600. The molecule has 0 spiro atoms. The van der Waals surface area contributed by atoms with Crippen molar-refractivity contribution in [2.24, 2.45) is 4.99 Å². The molecule has 0 aromatic heterocycles. The number of benzene rings is 1. The van der Waals surface area contributed by atoms with E-state index in [0.29, 0.717) is 19.1 Å². The minimum atomic E-state index is -3.47. The van der Waals surface area contributed by atoms with Crippen LogP contribution in [0, 0.1) is 0 Å². The Morgan fingerprint density at radius 3 is 2.55 bits per heavy atom. The fourth-order valence-corrected chi connectivity index (χ4v) is 2.82. The Bertz CT molecular complexity index is 561. The van der Waals surface area contributed by atoms with Gasteiger partial charge in [0.05, 0.1) is 11.5 Å². The van der Waals surface area contributed by atoms with Crippen LogP contribution in [0.5, 0.6) is 0 Å². The molecule has 0 saturated heterocycles. The Morgan fingerprint density at radius 1 is 1.27 bits per heavy atom. The van der Waals surface area contributed by atoms with Gasteiger partial charge in [-0.15, -0.1) is 0 Å². The van der Waals surface area contributed by atoms with Gasteiger partial charge in [-0.25, -0.2) is 13.1 Å². The lowest BCUT2D eigenvalue weighted by atomic mass is 10.4. The molecule has 22 heavy (non-hydrogen) atoms. The SMILES string of the molecule is CN=C(NCCNS(=O)(=O)c1ccccc1)NC(C)COC. The number of sulfonamides is 1. The first-order valence-corrected chi connectivity index (χ1v) is 8.48. The summed E-state index contributed by atoms with van der Waals surface area (Å²) < 4.78 is 31.6. The predicted octanol–water partition coefficient (Wildman–Crippen LogP) is 0.165. The lowest BCUT2D eigenvalue weighted by Crippen LogP contribution is -2.46. The molecule has 0 saturated carbocycles. The van der Waals surface area contributed by atoms with Gasteiger partial charge in [0.25, 0.3) is 0 Å². The van der Waals surface area contributed by atoms with Crippen molar-refractivity contribution in [3.8, 4) is 0 Å². The third-order valence-corrected chi connectivity index (χ3v) is 4.26.